The topological polar surface area (TPSA) is 34.1 Å². The molecule has 2 nitrogen and oxygen atoms in total. The summed E-state index contributed by atoms with van der Waals surface area (Å²) in [5.74, 6) is -0.0966. The lowest BCUT2D eigenvalue weighted by Gasteiger charge is -2.08. The van der Waals surface area contributed by atoms with Gasteiger partial charge in [0.15, 0.2) is 0 Å². The lowest BCUT2D eigenvalue weighted by Crippen LogP contribution is -1.98. The second-order valence-electron chi connectivity index (χ2n) is 3.16. The first-order valence-electron chi connectivity index (χ1n) is 4.20. The summed E-state index contributed by atoms with van der Waals surface area (Å²) >= 11 is 0. The van der Waals surface area contributed by atoms with E-state index in [-0.39, 0.29) is 5.92 Å². The summed E-state index contributed by atoms with van der Waals surface area (Å²) in [5.41, 5.74) is 2.63. The number of carbonyl (C=O) groups is 2. The molecule has 0 saturated carbocycles. The summed E-state index contributed by atoms with van der Waals surface area (Å²) in [4.78, 5) is 21.0. The molecule has 2 heteroatoms. The fourth-order valence-corrected chi connectivity index (χ4v) is 1.36. The Morgan fingerprint density at radius 3 is 2.46 bits per heavy atom. The SMILES string of the molecule is Cc1cc(C=O)ccc1C(C)C=O. The molecule has 0 spiro atoms. The molecule has 0 saturated heterocycles. The average Bonchev–Trinajstić information content (AvgIpc) is 2.16. The van der Waals surface area contributed by atoms with E-state index in [1.54, 1.807) is 12.1 Å². The van der Waals surface area contributed by atoms with Crippen molar-refractivity contribution in [1.29, 1.82) is 0 Å². The molecule has 0 heterocycles. The van der Waals surface area contributed by atoms with Gasteiger partial charge in [-0.1, -0.05) is 19.1 Å². The predicted molar refractivity (Wildman–Crippen MR) is 51.0 cm³/mol. The zero-order valence-electron chi connectivity index (χ0n) is 7.78. The smallest absolute Gasteiger partial charge is 0.150 e. The fraction of sp³-hybridized carbons (Fsp3) is 0.273. The predicted octanol–water partition coefficient (Wildman–Crippen LogP) is 2.11. The molecule has 0 bridgehead atoms. The Bertz CT molecular complexity index is 329. The molecule has 0 N–H and O–H groups in total. The largest absolute Gasteiger partial charge is 0.303 e. The fourth-order valence-electron chi connectivity index (χ4n) is 1.36. The molecule has 0 radical (unpaired) electrons. The maximum absolute atomic E-state index is 10.5. The molecule has 0 aliphatic rings. The number of benzene rings is 1. The van der Waals surface area contributed by atoms with Crippen LogP contribution in [-0.4, -0.2) is 12.6 Å². The van der Waals surface area contributed by atoms with E-state index in [1.807, 2.05) is 19.9 Å². The van der Waals surface area contributed by atoms with Gasteiger partial charge in [-0.2, -0.15) is 0 Å². The third-order valence-electron chi connectivity index (χ3n) is 2.12. The Balaban J connectivity index is 3.11. The van der Waals surface area contributed by atoms with Gasteiger partial charge in [0.2, 0.25) is 0 Å². The Morgan fingerprint density at radius 2 is 2.00 bits per heavy atom. The molecule has 0 aliphatic carbocycles. The maximum atomic E-state index is 10.5. The summed E-state index contributed by atoms with van der Waals surface area (Å²) < 4.78 is 0. The second-order valence-corrected chi connectivity index (χ2v) is 3.16. The van der Waals surface area contributed by atoms with Crippen LogP contribution in [0.4, 0.5) is 0 Å². The van der Waals surface area contributed by atoms with Crippen molar-refractivity contribution in [2.75, 3.05) is 0 Å². The second kappa shape index (κ2) is 3.99. The highest BCUT2D eigenvalue weighted by Gasteiger charge is 2.06. The van der Waals surface area contributed by atoms with Crippen LogP contribution in [-0.2, 0) is 4.79 Å². The van der Waals surface area contributed by atoms with E-state index in [2.05, 4.69) is 0 Å². The van der Waals surface area contributed by atoms with Gasteiger partial charge in [0.25, 0.3) is 0 Å². The van der Waals surface area contributed by atoms with E-state index >= 15 is 0 Å². The van der Waals surface area contributed by atoms with E-state index in [9.17, 15) is 9.59 Å². The summed E-state index contributed by atoms with van der Waals surface area (Å²) in [7, 11) is 0. The minimum Gasteiger partial charge on any atom is -0.303 e. The van der Waals surface area contributed by atoms with E-state index in [0.717, 1.165) is 23.7 Å². The van der Waals surface area contributed by atoms with Crippen molar-refractivity contribution in [1.82, 2.24) is 0 Å². The first kappa shape index (κ1) is 9.65. The molecule has 68 valence electrons. The molecule has 0 aliphatic heterocycles. The molecule has 13 heavy (non-hydrogen) atoms. The van der Waals surface area contributed by atoms with Crippen LogP contribution in [0.5, 0.6) is 0 Å². The van der Waals surface area contributed by atoms with Gasteiger partial charge in [-0.05, 0) is 24.1 Å². The van der Waals surface area contributed by atoms with Crippen molar-refractivity contribution < 1.29 is 9.59 Å². The van der Waals surface area contributed by atoms with Crippen molar-refractivity contribution in [3.8, 4) is 0 Å². The lowest BCUT2D eigenvalue weighted by atomic mass is 9.96. The molecule has 0 fully saturated rings. The van der Waals surface area contributed by atoms with Gasteiger partial charge in [-0.25, -0.2) is 0 Å². The minimum absolute atomic E-state index is 0.0966. The molecule has 1 rings (SSSR count). The van der Waals surface area contributed by atoms with E-state index < -0.39 is 0 Å². The molecule has 1 aromatic rings. The summed E-state index contributed by atoms with van der Waals surface area (Å²) in [5, 5.41) is 0. The van der Waals surface area contributed by atoms with Crippen LogP contribution in [0, 0.1) is 6.92 Å². The van der Waals surface area contributed by atoms with Gasteiger partial charge in [0.05, 0.1) is 0 Å². The third kappa shape index (κ3) is 2.02. The molecule has 0 amide bonds. The quantitative estimate of drug-likeness (QED) is 0.661. The van der Waals surface area contributed by atoms with Gasteiger partial charge in [0, 0.05) is 11.5 Å². The van der Waals surface area contributed by atoms with Crippen molar-refractivity contribution in [2.24, 2.45) is 0 Å². The van der Waals surface area contributed by atoms with Crippen LogP contribution in [0.1, 0.15) is 34.3 Å². The average molecular weight is 176 g/mol. The van der Waals surface area contributed by atoms with Crippen LogP contribution >= 0.6 is 0 Å². The first-order valence-corrected chi connectivity index (χ1v) is 4.20. The number of aryl methyl sites for hydroxylation is 1. The zero-order chi connectivity index (χ0) is 9.84. The van der Waals surface area contributed by atoms with Crippen LogP contribution in [0.15, 0.2) is 18.2 Å². The number of rotatable bonds is 3. The van der Waals surface area contributed by atoms with Gasteiger partial charge in [-0.15, -0.1) is 0 Å². The molecular weight excluding hydrogens is 164 g/mol. The van der Waals surface area contributed by atoms with E-state index in [0.29, 0.717) is 5.56 Å². The van der Waals surface area contributed by atoms with Gasteiger partial charge >= 0.3 is 0 Å². The Hall–Kier alpha value is -1.44. The molecule has 1 atom stereocenters. The van der Waals surface area contributed by atoms with Crippen molar-refractivity contribution >= 4 is 12.6 Å². The van der Waals surface area contributed by atoms with Crippen LogP contribution < -0.4 is 0 Å². The zero-order valence-corrected chi connectivity index (χ0v) is 7.78. The van der Waals surface area contributed by atoms with Gasteiger partial charge in [0.1, 0.15) is 12.6 Å². The van der Waals surface area contributed by atoms with Crippen LogP contribution in [0.2, 0.25) is 0 Å². The number of aldehydes is 2. The van der Waals surface area contributed by atoms with E-state index in [4.69, 9.17) is 0 Å². The van der Waals surface area contributed by atoms with E-state index in [1.165, 1.54) is 0 Å². The van der Waals surface area contributed by atoms with Crippen molar-refractivity contribution in [3.63, 3.8) is 0 Å². The number of hydrogen-bond acceptors (Lipinski definition) is 2. The van der Waals surface area contributed by atoms with Crippen LogP contribution in [0.25, 0.3) is 0 Å². The summed E-state index contributed by atoms with van der Waals surface area (Å²) in [6.45, 7) is 3.75. The van der Waals surface area contributed by atoms with Crippen LogP contribution in [0.3, 0.4) is 0 Å². The molecule has 0 aromatic heterocycles. The highest BCUT2D eigenvalue weighted by molar-refractivity contribution is 5.76. The number of carbonyl (C=O) groups excluding carboxylic acids is 2. The highest BCUT2D eigenvalue weighted by atomic mass is 16.1. The standard InChI is InChI=1S/C11H12O2/c1-8-5-10(7-13)3-4-11(8)9(2)6-12/h3-7,9H,1-2H3. The summed E-state index contributed by atoms with van der Waals surface area (Å²) in [6, 6.07) is 5.36. The van der Waals surface area contributed by atoms with Gasteiger partial charge < -0.3 is 4.79 Å². The first-order chi connectivity index (χ1) is 6.19. The normalized spacial score (nSPS) is 12.2. The number of hydrogen-bond donors (Lipinski definition) is 0. The monoisotopic (exact) mass is 176 g/mol. The Labute approximate surface area is 77.6 Å². The Morgan fingerprint density at radius 1 is 1.31 bits per heavy atom. The highest BCUT2D eigenvalue weighted by Crippen LogP contribution is 2.18. The molecule has 1 aromatic carbocycles. The van der Waals surface area contributed by atoms with Gasteiger partial charge in [-0.3, -0.25) is 4.79 Å². The summed E-state index contributed by atoms with van der Waals surface area (Å²) in [6.07, 6.45) is 1.71. The molecular formula is C11H12O2. The van der Waals surface area contributed by atoms with Crippen molar-refractivity contribution in [3.05, 3.63) is 34.9 Å². The third-order valence-corrected chi connectivity index (χ3v) is 2.12. The Kier molecular flexibility index (Phi) is 2.96. The minimum atomic E-state index is -0.0966. The lowest BCUT2D eigenvalue weighted by molar-refractivity contribution is -0.108. The molecule has 1 unspecified atom stereocenters. The van der Waals surface area contributed by atoms with Crippen molar-refractivity contribution in [2.45, 2.75) is 19.8 Å². The maximum Gasteiger partial charge on any atom is 0.150 e.